The summed E-state index contributed by atoms with van der Waals surface area (Å²) in [6.45, 7) is 0.680. The van der Waals surface area contributed by atoms with Crippen molar-refractivity contribution in [3.8, 4) is 0 Å². The molecule has 0 fully saturated rings. The van der Waals surface area contributed by atoms with Gasteiger partial charge in [0.05, 0.1) is 0 Å². The number of thioether (sulfide) groups is 1. The Morgan fingerprint density at radius 3 is 2.46 bits per heavy atom. The van der Waals surface area contributed by atoms with Crippen LogP contribution in [0.4, 0.5) is 0 Å². The first kappa shape index (κ1) is 18.2. The van der Waals surface area contributed by atoms with Gasteiger partial charge in [0.25, 0.3) is 5.91 Å². The Labute approximate surface area is 158 Å². The largest absolute Gasteiger partial charge is 0.341 e. The molecule has 2 aromatic heterocycles. The lowest BCUT2D eigenvalue weighted by Crippen LogP contribution is -2.28. The first-order chi connectivity index (χ1) is 12.6. The highest BCUT2D eigenvalue weighted by atomic mass is 32.2. The average molecular weight is 366 g/mol. The first-order valence-corrected chi connectivity index (χ1v) is 9.45. The van der Waals surface area contributed by atoms with E-state index in [0.29, 0.717) is 12.1 Å². The number of hydrogen-bond donors (Lipinski definition) is 0. The van der Waals surface area contributed by atoms with Crippen LogP contribution < -0.4 is 0 Å². The van der Waals surface area contributed by atoms with Crippen LogP contribution in [0.3, 0.4) is 0 Å². The minimum absolute atomic E-state index is 0.0439. The highest BCUT2D eigenvalue weighted by molar-refractivity contribution is 7.98. The molecule has 0 aliphatic rings. The van der Waals surface area contributed by atoms with Crippen LogP contribution in [0.1, 0.15) is 21.5 Å². The summed E-state index contributed by atoms with van der Waals surface area (Å²) >= 11 is 1.68. The standard InChI is InChI=1S/C20H22N4OS/c1-23(13-9-16-7-10-21-11-8-16)19(25)18-5-3-17(4-6-18)15-26-20-22-12-14-24(20)2/h3-8,10-12,14H,9,13,15H2,1-2H3. The maximum atomic E-state index is 12.6. The number of pyridine rings is 1. The van der Waals surface area contributed by atoms with Crippen LogP contribution in [-0.2, 0) is 19.2 Å². The summed E-state index contributed by atoms with van der Waals surface area (Å²) in [7, 11) is 3.83. The molecule has 0 N–H and O–H groups in total. The first-order valence-electron chi connectivity index (χ1n) is 8.47. The van der Waals surface area contributed by atoms with Gasteiger partial charge in [-0.15, -0.1) is 0 Å². The molecule has 3 rings (SSSR count). The van der Waals surface area contributed by atoms with Crippen molar-refractivity contribution in [1.82, 2.24) is 19.4 Å². The number of amides is 1. The Morgan fingerprint density at radius 2 is 1.81 bits per heavy atom. The van der Waals surface area contributed by atoms with E-state index in [9.17, 15) is 4.79 Å². The van der Waals surface area contributed by atoms with Gasteiger partial charge in [-0.05, 0) is 41.8 Å². The molecule has 26 heavy (non-hydrogen) atoms. The maximum absolute atomic E-state index is 12.6. The van der Waals surface area contributed by atoms with Crippen molar-refractivity contribution in [2.45, 2.75) is 17.3 Å². The van der Waals surface area contributed by atoms with Gasteiger partial charge in [-0.1, -0.05) is 23.9 Å². The molecule has 1 aromatic carbocycles. The molecule has 0 saturated carbocycles. The molecule has 5 nitrogen and oxygen atoms in total. The van der Waals surface area contributed by atoms with Crippen molar-refractivity contribution in [2.24, 2.45) is 7.05 Å². The lowest BCUT2D eigenvalue weighted by Gasteiger charge is -2.17. The summed E-state index contributed by atoms with van der Waals surface area (Å²) in [5.74, 6) is 0.874. The van der Waals surface area contributed by atoms with Crippen molar-refractivity contribution < 1.29 is 4.79 Å². The zero-order chi connectivity index (χ0) is 18.4. The van der Waals surface area contributed by atoms with Gasteiger partial charge in [0.1, 0.15) is 0 Å². The summed E-state index contributed by atoms with van der Waals surface area (Å²) in [6, 6.07) is 11.8. The zero-order valence-corrected chi connectivity index (χ0v) is 15.8. The molecule has 134 valence electrons. The average Bonchev–Trinajstić information content (AvgIpc) is 3.10. The lowest BCUT2D eigenvalue weighted by molar-refractivity contribution is 0.0796. The summed E-state index contributed by atoms with van der Waals surface area (Å²) in [5.41, 5.74) is 3.07. The van der Waals surface area contributed by atoms with Crippen LogP contribution in [0.2, 0.25) is 0 Å². The monoisotopic (exact) mass is 366 g/mol. The Balaban J connectivity index is 1.53. The van der Waals surface area contributed by atoms with E-state index in [1.54, 1.807) is 35.3 Å². The Kier molecular flexibility index (Phi) is 6.07. The third kappa shape index (κ3) is 4.73. The van der Waals surface area contributed by atoms with E-state index in [1.165, 1.54) is 11.1 Å². The molecule has 6 heteroatoms. The second-order valence-electron chi connectivity index (χ2n) is 6.14. The van der Waals surface area contributed by atoms with Gasteiger partial charge < -0.3 is 9.47 Å². The third-order valence-electron chi connectivity index (χ3n) is 4.18. The predicted molar refractivity (Wildman–Crippen MR) is 104 cm³/mol. The van der Waals surface area contributed by atoms with Gasteiger partial charge in [0, 0.05) is 56.7 Å². The van der Waals surface area contributed by atoms with Crippen LogP contribution in [0.5, 0.6) is 0 Å². The van der Waals surface area contributed by atoms with Crippen molar-refractivity contribution in [3.05, 3.63) is 77.9 Å². The summed E-state index contributed by atoms with van der Waals surface area (Å²) < 4.78 is 2.00. The van der Waals surface area contributed by atoms with Gasteiger partial charge in [-0.2, -0.15) is 0 Å². The molecular formula is C20H22N4OS. The number of imidazole rings is 1. The molecule has 0 atom stereocenters. The number of aromatic nitrogens is 3. The molecule has 0 aliphatic heterocycles. The highest BCUT2D eigenvalue weighted by Crippen LogP contribution is 2.20. The SMILES string of the molecule is CN(CCc1ccncc1)C(=O)c1ccc(CSc2nccn2C)cc1. The number of nitrogens with zero attached hydrogens (tertiary/aromatic N) is 4. The van der Waals surface area contributed by atoms with E-state index >= 15 is 0 Å². The third-order valence-corrected chi connectivity index (χ3v) is 5.31. The number of benzene rings is 1. The van der Waals surface area contributed by atoms with Gasteiger partial charge in [-0.3, -0.25) is 9.78 Å². The Bertz CT molecular complexity index is 846. The summed E-state index contributed by atoms with van der Waals surface area (Å²) in [6.07, 6.45) is 8.11. The fourth-order valence-corrected chi connectivity index (χ4v) is 3.44. The van der Waals surface area contributed by atoms with Gasteiger partial charge in [0.15, 0.2) is 5.16 Å². The fraction of sp³-hybridized carbons (Fsp3) is 0.250. The number of aryl methyl sites for hydroxylation is 1. The number of carbonyl (C=O) groups is 1. The number of likely N-dealkylation sites (N-methyl/N-ethyl adjacent to an activating group) is 1. The van der Waals surface area contributed by atoms with E-state index in [-0.39, 0.29) is 5.91 Å². The highest BCUT2D eigenvalue weighted by Gasteiger charge is 2.11. The van der Waals surface area contributed by atoms with Crippen LogP contribution in [0.25, 0.3) is 0 Å². The molecule has 0 saturated heterocycles. The van der Waals surface area contributed by atoms with E-state index < -0.39 is 0 Å². The lowest BCUT2D eigenvalue weighted by atomic mass is 10.1. The predicted octanol–water partition coefficient (Wildman–Crippen LogP) is 3.42. The second kappa shape index (κ2) is 8.67. The Morgan fingerprint density at radius 1 is 1.08 bits per heavy atom. The van der Waals surface area contributed by atoms with E-state index in [1.807, 2.05) is 61.3 Å². The zero-order valence-electron chi connectivity index (χ0n) is 15.0. The molecule has 3 aromatic rings. The van der Waals surface area contributed by atoms with Crippen LogP contribution in [0, 0.1) is 0 Å². The quantitative estimate of drug-likeness (QED) is 0.601. The molecular weight excluding hydrogens is 344 g/mol. The van der Waals surface area contributed by atoms with Gasteiger partial charge in [0.2, 0.25) is 0 Å². The fourth-order valence-electron chi connectivity index (χ4n) is 2.55. The maximum Gasteiger partial charge on any atom is 0.253 e. The van der Waals surface area contributed by atoms with Crippen molar-refractivity contribution in [2.75, 3.05) is 13.6 Å². The number of carbonyl (C=O) groups excluding carboxylic acids is 1. The minimum Gasteiger partial charge on any atom is -0.341 e. The molecule has 1 amide bonds. The second-order valence-corrected chi connectivity index (χ2v) is 7.08. The smallest absolute Gasteiger partial charge is 0.253 e. The van der Waals surface area contributed by atoms with Crippen LogP contribution >= 0.6 is 11.8 Å². The van der Waals surface area contributed by atoms with Gasteiger partial charge in [-0.25, -0.2) is 4.98 Å². The van der Waals surface area contributed by atoms with E-state index in [4.69, 9.17) is 0 Å². The molecule has 0 unspecified atom stereocenters. The summed E-state index contributed by atoms with van der Waals surface area (Å²) in [5, 5.41) is 0.987. The molecule has 0 radical (unpaired) electrons. The molecule has 0 bridgehead atoms. The Hall–Kier alpha value is -2.60. The van der Waals surface area contributed by atoms with Crippen LogP contribution in [-0.4, -0.2) is 38.9 Å². The van der Waals surface area contributed by atoms with Crippen molar-refractivity contribution in [3.63, 3.8) is 0 Å². The van der Waals surface area contributed by atoms with Crippen molar-refractivity contribution in [1.29, 1.82) is 0 Å². The van der Waals surface area contributed by atoms with Crippen molar-refractivity contribution >= 4 is 17.7 Å². The van der Waals surface area contributed by atoms with E-state index in [2.05, 4.69) is 9.97 Å². The molecule has 2 heterocycles. The normalized spacial score (nSPS) is 10.7. The molecule has 0 aliphatic carbocycles. The number of rotatable bonds is 7. The minimum atomic E-state index is 0.0439. The topological polar surface area (TPSA) is 51.0 Å². The van der Waals surface area contributed by atoms with E-state index in [0.717, 1.165) is 17.3 Å². The van der Waals surface area contributed by atoms with Gasteiger partial charge >= 0.3 is 0 Å². The number of hydrogen-bond acceptors (Lipinski definition) is 4. The summed E-state index contributed by atoms with van der Waals surface area (Å²) in [4.78, 5) is 22.6. The molecule has 0 spiro atoms. The van der Waals surface area contributed by atoms with Crippen LogP contribution in [0.15, 0.2) is 66.3 Å².